The van der Waals surface area contributed by atoms with Crippen LogP contribution in [0.3, 0.4) is 0 Å². The highest BCUT2D eigenvalue weighted by atomic mass is 15.1. The van der Waals surface area contributed by atoms with Gasteiger partial charge in [0.2, 0.25) is 0 Å². The van der Waals surface area contributed by atoms with Crippen LogP contribution in [0.15, 0.2) is 24.5 Å². The second-order valence-corrected chi connectivity index (χ2v) is 4.87. The van der Waals surface area contributed by atoms with E-state index in [2.05, 4.69) is 34.7 Å². The fraction of sp³-hybridized carbons (Fsp3) is 0.357. The maximum atomic E-state index is 5.95. The molecule has 0 bridgehead atoms. The summed E-state index contributed by atoms with van der Waals surface area (Å²) in [6.45, 7) is 4.13. The van der Waals surface area contributed by atoms with E-state index in [1.54, 1.807) is 0 Å². The molecule has 0 aliphatic carbocycles. The number of rotatable bonds is 1. The summed E-state index contributed by atoms with van der Waals surface area (Å²) in [6.07, 6.45) is 4.02. The first-order valence-electron chi connectivity index (χ1n) is 6.08. The molecule has 1 aliphatic heterocycles. The van der Waals surface area contributed by atoms with Gasteiger partial charge in [0.15, 0.2) is 0 Å². The quantitative estimate of drug-likeness (QED) is 0.812. The molecule has 0 saturated heterocycles. The number of benzene rings is 1. The maximum absolute atomic E-state index is 5.95. The van der Waals surface area contributed by atoms with E-state index < -0.39 is 0 Å². The maximum Gasteiger partial charge on any atom is 0.0998 e. The van der Waals surface area contributed by atoms with Crippen molar-refractivity contribution in [1.82, 2.24) is 9.55 Å². The normalized spacial score (nSPS) is 15.2. The number of aromatic nitrogens is 2. The highest BCUT2D eigenvalue weighted by Crippen LogP contribution is 2.28. The SMILES string of the molecule is Cc1ccc2c(c1)CCc1c([C@H](C)N)ncn1-2. The minimum Gasteiger partial charge on any atom is -0.323 e. The Morgan fingerprint density at radius 1 is 1.35 bits per heavy atom. The lowest BCUT2D eigenvalue weighted by Crippen LogP contribution is -2.15. The second kappa shape index (κ2) is 3.70. The lowest BCUT2D eigenvalue weighted by Gasteiger charge is -2.20. The molecule has 0 unspecified atom stereocenters. The van der Waals surface area contributed by atoms with Crippen molar-refractivity contribution in [3.05, 3.63) is 47.0 Å². The molecule has 0 spiro atoms. The molecule has 2 heterocycles. The van der Waals surface area contributed by atoms with Gasteiger partial charge >= 0.3 is 0 Å². The van der Waals surface area contributed by atoms with Crippen molar-refractivity contribution in [2.24, 2.45) is 5.73 Å². The van der Waals surface area contributed by atoms with Crippen molar-refractivity contribution in [3.8, 4) is 5.69 Å². The summed E-state index contributed by atoms with van der Waals surface area (Å²) in [7, 11) is 0. The third-order valence-corrected chi connectivity index (χ3v) is 3.46. The summed E-state index contributed by atoms with van der Waals surface area (Å²) in [5.74, 6) is 0. The smallest absolute Gasteiger partial charge is 0.0998 e. The van der Waals surface area contributed by atoms with Crippen molar-refractivity contribution < 1.29 is 0 Å². The summed E-state index contributed by atoms with van der Waals surface area (Å²) < 4.78 is 2.19. The molecule has 0 radical (unpaired) electrons. The predicted molar refractivity (Wildman–Crippen MR) is 68.3 cm³/mol. The van der Waals surface area contributed by atoms with E-state index in [1.165, 1.54) is 22.5 Å². The fourth-order valence-corrected chi connectivity index (χ4v) is 2.63. The summed E-state index contributed by atoms with van der Waals surface area (Å²) in [5.41, 5.74) is 12.3. The molecular weight excluding hydrogens is 210 g/mol. The number of fused-ring (bicyclic) bond motifs is 3. The van der Waals surface area contributed by atoms with E-state index in [9.17, 15) is 0 Å². The lowest BCUT2D eigenvalue weighted by molar-refractivity contribution is 0.738. The first-order valence-corrected chi connectivity index (χ1v) is 6.08. The van der Waals surface area contributed by atoms with Gasteiger partial charge in [0.25, 0.3) is 0 Å². The summed E-state index contributed by atoms with van der Waals surface area (Å²) >= 11 is 0. The number of hydrogen-bond acceptors (Lipinski definition) is 2. The summed E-state index contributed by atoms with van der Waals surface area (Å²) in [6, 6.07) is 6.61. The Morgan fingerprint density at radius 2 is 2.18 bits per heavy atom. The molecule has 2 N–H and O–H groups in total. The van der Waals surface area contributed by atoms with Crippen molar-refractivity contribution in [2.45, 2.75) is 32.7 Å². The van der Waals surface area contributed by atoms with Crippen molar-refractivity contribution in [2.75, 3.05) is 0 Å². The molecule has 88 valence electrons. The van der Waals surface area contributed by atoms with Gasteiger partial charge in [0.1, 0.15) is 0 Å². The number of nitrogens with zero attached hydrogens (tertiary/aromatic N) is 2. The number of imidazole rings is 1. The van der Waals surface area contributed by atoms with Crippen LogP contribution < -0.4 is 5.73 Å². The van der Waals surface area contributed by atoms with Crippen LogP contribution in [-0.2, 0) is 12.8 Å². The minimum atomic E-state index is 0.0123. The molecule has 3 rings (SSSR count). The third kappa shape index (κ3) is 1.58. The predicted octanol–water partition coefficient (Wildman–Crippen LogP) is 2.30. The Bertz CT molecular complexity index is 567. The molecule has 0 fully saturated rings. The van der Waals surface area contributed by atoms with Crippen molar-refractivity contribution >= 4 is 0 Å². The Kier molecular flexibility index (Phi) is 2.30. The largest absolute Gasteiger partial charge is 0.323 e. The lowest BCUT2D eigenvalue weighted by atomic mass is 9.98. The molecule has 1 aromatic carbocycles. The van der Waals surface area contributed by atoms with E-state index in [0.29, 0.717) is 0 Å². The minimum absolute atomic E-state index is 0.0123. The first kappa shape index (κ1) is 10.5. The molecule has 2 aromatic rings. The van der Waals surface area contributed by atoms with Crippen molar-refractivity contribution in [1.29, 1.82) is 0 Å². The van der Waals surface area contributed by atoms with Gasteiger partial charge in [-0.2, -0.15) is 0 Å². The van der Waals surface area contributed by atoms with Crippen LogP contribution in [-0.4, -0.2) is 9.55 Å². The third-order valence-electron chi connectivity index (χ3n) is 3.46. The van der Waals surface area contributed by atoms with Crippen LogP contribution in [0.5, 0.6) is 0 Å². The second-order valence-electron chi connectivity index (χ2n) is 4.87. The van der Waals surface area contributed by atoms with Gasteiger partial charge in [-0.3, -0.25) is 0 Å². The molecule has 3 nitrogen and oxygen atoms in total. The zero-order valence-corrected chi connectivity index (χ0v) is 10.3. The summed E-state index contributed by atoms with van der Waals surface area (Å²) in [5, 5.41) is 0. The van der Waals surface area contributed by atoms with Gasteiger partial charge in [-0.05, 0) is 38.3 Å². The fourth-order valence-electron chi connectivity index (χ4n) is 2.63. The molecule has 1 aliphatic rings. The van der Waals surface area contributed by atoms with Gasteiger partial charge in [0.05, 0.1) is 12.0 Å². The number of hydrogen-bond donors (Lipinski definition) is 1. The molecular formula is C14H17N3. The molecule has 0 amide bonds. The van der Waals surface area contributed by atoms with Gasteiger partial charge in [-0.15, -0.1) is 0 Å². The molecule has 3 heteroatoms. The van der Waals surface area contributed by atoms with E-state index in [-0.39, 0.29) is 6.04 Å². The molecule has 17 heavy (non-hydrogen) atoms. The number of nitrogens with two attached hydrogens (primary N) is 1. The van der Waals surface area contributed by atoms with Crippen LogP contribution in [0.1, 0.15) is 35.5 Å². The van der Waals surface area contributed by atoms with E-state index >= 15 is 0 Å². The average molecular weight is 227 g/mol. The molecule has 0 saturated carbocycles. The van der Waals surface area contributed by atoms with Crippen LogP contribution in [0.4, 0.5) is 0 Å². The van der Waals surface area contributed by atoms with Gasteiger partial charge < -0.3 is 10.3 Å². The Hall–Kier alpha value is -1.61. The van der Waals surface area contributed by atoms with Crippen LogP contribution in [0.25, 0.3) is 5.69 Å². The summed E-state index contributed by atoms with van der Waals surface area (Å²) in [4.78, 5) is 4.46. The highest BCUT2D eigenvalue weighted by molar-refractivity contribution is 5.48. The monoisotopic (exact) mass is 227 g/mol. The van der Waals surface area contributed by atoms with Crippen LogP contribution in [0.2, 0.25) is 0 Å². The molecule has 1 aromatic heterocycles. The number of aryl methyl sites for hydroxylation is 2. The van der Waals surface area contributed by atoms with E-state index in [0.717, 1.165) is 18.5 Å². The van der Waals surface area contributed by atoms with Crippen LogP contribution >= 0.6 is 0 Å². The first-order chi connectivity index (χ1) is 8.16. The highest BCUT2D eigenvalue weighted by Gasteiger charge is 2.21. The van der Waals surface area contributed by atoms with E-state index in [1.807, 2.05) is 13.3 Å². The van der Waals surface area contributed by atoms with Gasteiger partial charge in [0, 0.05) is 17.4 Å². The van der Waals surface area contributed by atoms with Crippen molar-refractivity contribution in [3.63, 3.8) is 0 Å². The van der Waals surface area contributed by atoms with Gasteiger partial charge in [-0.1, -0.05) is 17.7 Å². The Morgan fingerprint density at radius 3 is 2.94 bits per heavy atom. The zero-order valence-electron chi connectivity index (χ0n) is 10.3. The molecule has 1 atom stereocenters. The van der Waals surface area contributed by atoms with E-state index in [4.69, 9.17) is 5.73 Å². The Balaban J connectivity index is 2.18. The topological polar surface area (TPSA) is 43.8 Å². The van der Waals surface area contributed by atoms with Gasteiger partial charge in [-0.25, -0.2) is 4.98 Å². The standard InChI is InChI=1S/C14H17N3/c1-9-3-5-12-11(7-9)4-6-13-14(10(2)15)16-8-17(12)13/h3,5,7-8,10H,4,6,15H2,1-2H3/t10-/m0/s1. The van der Waals surface area contributed by atoms with Crippen LogP contribution in [0, 0.1) is 6.92 Å². The Labute approximate surface area is 101 Å². The average Bonchev–Trinajstić information content (AvgIpc) is 2.72. The zero-order chi connectivity index (χ0) is 12.0.